The van der Waals surface area contributed by atoms with Crippen LogP contribution in [0.1, 0.15) is 16.8 Å². The number of nitrogens with one attached hydrogen (secondary N) is 1. The molecule has 1 N–H and O–H groups in total. The van der Waals surface area contributed by atoms with Gasteiger partial charge in [0.05, 0.1) is 18.6 Å². The van der Waals surface area contributed by atoms with Crippen molar-refractivity contribution in [3.63, 3.8) is 0 Å². The third kappa shape index (κ3) is 4.57. The summed E-state index contributed by atoms with van der Waals surface area (Å²) in [6.45, 7) is 5.26. The second-order valence-electron chi connectivity index (χ2n) is 7.98. The minimum Gasteiger partial charge on any atom is -0.480 e. The van der Waals surface area contributed by atoms with Gasteiger partial charge in [0.2, 0.25) is 6.79 Å². The highest BCUT2D eigenvalue weighted by Gasteiger charge is 2.28. The molecule has 0 radical (unpaired) electrons. The summed E-state index contributed by atoms with van der Waals surface area (Å²) in [5.74, 6) is 1.35. The average molecular weight is 472 g/mol. The molecule has 33 heavy (non-hydrogen) atoms. The highest BCUT2D eigenvalue weighted by molar-refractivity contribution is 5.86. The second kappa shape index (κ2) is 9.62. The molecule has 2 aromatic heterocycles. The number of cyclic esters (lactones) is 1. The number of carbonyl (C=O) groups is 1. The number of aryl methyl sites for hydroxylation is 1. The van der Waals surface area contributed by atoms with Crippen molar-refractivity contribution in [3.8, 4) is 5.75 Å². The van der Waals surface area contributed by atoms with Gasteiger partial charge >= 0.3 is 6.09 Å². The van der Waals surface area contributed by atoms with Gasteiger partial charge in [0.25, 0.3) is 0 Å². The predicted molar refractivity (Wildman–Crippen MR) is 124 cm³/mol. The molecule has 0 saturated carbocycles. The van der Waals surface area contributed by atoms with Crippen molar-refractivity contribution in [2.75, 3.05) is 13.3 Å². The van der Waals surface area contributed by atoms with E-state index in [1.165, 1.54) is 0 Å². The Labute approximate surface area is 197 Å². The third-order valence-corrected chi connectivity index (χ3v) is 5.94. The normalized spacial score (nSPS) is 17.9. The van der Waals surface area contributed by atoms with E-state index in [1.807, 2.05) is 38.1 Å². The van der Waals surface area contributed by atoms with Crippen LogP contribution in [0.2, 0.25) is 0 Å². The predicted octanol–water partition coefficient (Wildman–Crippen LogP) is 4.02. The first-order chi connectivity index (χ1) is 15.6. The zero-order chi connectivity index (χ0) is 22.1. The molecule has 1 amide bonds. The molecular weight excluding hydrogens is 446 g/mol. The Kier molecular flexibility index (Phi) is 6.65. The number of pyridine rings is 1. The maximum atomic E-state index is 11.5. The van der Waals surface area contributed by atoms with Gasteiger partial charge in [-0.05, 0) is 25.0 Å². The molecule has 9 heteroatoms. The first-order valence-corrected chi connectivity index (χ1v) is 10.6. The summed E-state index contributed by atoms with van der Waals surface area (Å²) < 4.78 is 25.0. The van der Waals surface area contributed by atoms with Crippen molar-refractivity contribution < 1.29 is 23.7 Å². The Morgan fingerprint density at radius 3 is 2.76 bits per heavy atom. The molecule has 174 valence electrons. The van der Waals surface area contributed by atoms with Crippen LogP contribution in [0.3, 0.4) is 0 Å². The van der Waals surface area contributed by atoms with Gasteiger partial charge in [-0.15, -0.1) is 12.4 Å². The van der Waals surface area contributed by atoms with Gasteiger partial charge in [0.1, 0.15) is 23.6 Å². The minimum absolute atomic E-state index is 0. The first kappa shape index (κ1) is 22.8. The van der Waals surface area contributed by atoms with Crippen LogP contribution in [0.5, 0.6) is 5.75 Å². The molecule has 1 aromatic carbocycles. The second-order valence-corrected chi connectivity index (χ2v) is 7.98. The molecule has 8 nitrogen and oxygen atoms in total. The Bertz CT molecular complexity index is 1180. The van der Waals surface area contributed by atoms with Gasteiger partial charge in [0, 0.05) is 24.4 Å². The van der Waals surface area contributed by atoms with Crippen LogP contribution >= 0.6 is 12.4 Å². The van der Waals surface area contributed by atoms with Crippen molar-refractivity contribution in [1.29, 1.82) is 0 Å². The van der Waals surface area contributed by atoms with Gasteiger partial charge in [0.15, 0.2) is 11.9 Å². The Morgan fingerprint density at radius 2 is 2.06 bits per heavy atom. The minimum atomic E-state index is -0.385. The highest BCUT2D eigenvalue weighted by atomic mass is 35.5. The number of ether oxygens (including phenoxy) is 4. The van der Waals surface area contributed by atoms with Crippen LogP contribution < -0.4 is 10.1 Å². The molecule has 2 atom stereocenters. The maximum Gasteiger partial charge on any atom is 0.407 e. The molecule has 1 saturated heterocycles. The molecule has 2 aliphatic heterocycles. The number of benzene rings is 1. The van der Waals surface area contributed by atoms with Crippen LogP contribution in [-0.4, -0.2) is 41.2 Å². The van der Waals surface area contributed by atoms with E-state index in [9.17, 15) is 4.79 Å². The molecule has 2 unspecified atom stereocenters. The number of amides is 1. The quantitative estimate of drug-likeness (QED) is 0.560. The number of fused-ring (bicyclic) bond motifs is 1. The zero-order valence-corrected chi connectivity index (χ0v) is 19.3. The fraction of sp³-hybridized carbons (Fsp3) is 0.333. The number of hydrogen-bond acceptors (Lipinski definition) is 6. The molecule has 4 heterocycles. The summed E-state index contributed by atoms with van der Waals surface area (Å²) in [4.78, 5) is 16.1. The lowest BCUT2D eigenvalue weighted by Crippen LogP contribution is -2.24. The van der Waals surface area contributed by atoms with Crippen molar-refractivity contribution in [3.05, 3.63) is 71.4 Å². The van der Waals surface area contributed by atoms with Gasteiger partial charge in [-0.1, -0.05) is 30.3 Å². The number of hydrogen-bond donors (Lipinski definition) is 1. The van der Waals surface area contributed by atoms with Crippen molar-refractivity contribution in [2.45, 2.75) is 39.0 Å². The molecule has 0 aliphatic carbocycles. The van der Waals surface area contributed by atoms with E-state index in [1.54, 1.807) is 12.5 Å². The van der Waals surface area contributed by atoms with Crippen molar-refractivity contribution in [2.24, 2.45) is 0 Å². The van der Waals surface area contributed by atoms with E-state index in [2.05, 4.69) is 27.0 Å². The molecular formula is C24H26ClN3O5. The lowest BCUT2D eigenvalue weighted by Gasteiger charge is -2.21. The van der Waals surface area contributed by atoms with Crippen LogP contribution in [-0.2, 0) is 27.2 Å². The summed E-state index contributed by atoms with van der Waals surface area (Å²) in [5, 5.41) is 2.72. The van der Waals surface area contributed by atoms with E-state index in [0.717, 1.165) is 27.9 Å². The number of carbonyl (C=O) groups excluding carboxylic acids is 1. The third-order valence-electron chi connectivity index (χ3n) is 5.94. The van der Waals surface area contributed by atoms with E-state index in [-0.39, 0.29) is 37.5 Å². The van der Waals surface area contributed by atoms with E-state index < -0.39 is 0 Å². The molecule has 5 rings (SSSR count). The van der Waals surface area contributed by atoms with Gasteiger partial charge in [-0.2, -0.15) is 0 Å². The summed E-state index contributed by atoms with van der Waals surface area (Å²) in [6.07, 6.45) is 3.00. The standard InChI is InChI=1S/C24H25N3O5.ClH/c1-15-16(2)27(12-18-11-26-24(28)31-18)23-19(8-9-25-22(15)23)32-20(21-13-29-14-30-21)10-17-6-4-3-5-7-17;/h3-9,13,18,20H,10-12,14H2,1-2H3,(H,26,28);1H. The monoisotopic (exact) mass is 471 g/mol. The van der Waals surface area contributed by atoms with E-state index in [0.29, 0.717) is 31.0 Å². The lowest BCUT2D eigenvalue weighted by atomic mass is 10.1. The smallest absolute Gasteiger partial charge is 0.407 e. The Balaban J connectivity index is 0.00000259. The Morgan fingerprint density at radius 1 is 1.24 bits per heavy atom. The summed E-state index contributed by atoms with van der Waals surface area (Å²) in [5.41, 5.74) is 5.01. The first-order valence-electron chi connectivity index (χ1n) is 10.6. The Hall–Kier alpha value is -3.39. The summed E-state index contributed by atoms with van der Waals surface area (Å²) in [7, 11) is 0. The largest absolute Gasteiger partial charge is 0.480 e. The van der Waals surface area contributed by atoms with Crippen molar-refractivity contribution >= 4 is 29.5 Å². The molecule has 0 spiro atoms. The summed E-state index contributed by atoms with van der Waals surface area (Å²) >= 11 is 0. The van der Waals surface area contributed by atoms with Gasteiger partial charge in [-0.3, -0.25) is 4.98 Å². The molecule has 0 bridgehead atoms. The number of nitrogens with zero attached hydrogens (tertiary/aromatic N) is 2. The number of halogens is 1. The molecule has 2 aliphatic rings. The number of aromatic nitrogens is 2. The highest BCUT2D eigenvalue weighted by Crippen LogP contribution is 2.33. The number of alkyl carbamates (subject to hydrolysis) is 1. The van der Waals surface area contributed by atoms with Gasteiger partial charge in [-0.25, -0.2) is 4.79 Å². The fourth-order valence-electron chi connectivity index (χ4n) is 4.18. The van der Waals surface area contributed by atoms with Crippen LogP contribution in [0.4, 0.5) is 4.79 Å². The van der Waals surface area contributed by atoms with Gasteiger partial charge < -0.3 is 28.8 Å². The zero-order valence-electron chi connectivity index (χ0n) is 18.4. The SMILES string of the molecule is Cc1c(C)n(CC2CNC(=O)O2)c2c(OC(Cc3ccccc3)C3=COCO3)ccnc12.Cl. The lowest BCUT2D eigenvalue weighted by molar-refractivity contribution is 0.0559. The van der Waals surface area contributed by atoms with Crippen LogP contribution in [0.25, 0.3) is 11.0 Å². The molecule has 3 aromatic rings. The van der Waals surface area contributed by atoms with Crippen molar-refractivity contribution in [1.82, 2.24) is 14.9 Å². The maximum absolute atomic E-state index is 11.5. The van der Waals surface area contributed by atoms with Crippen LogP contribution in [0.15, 0.2) is 54.6 Å². The summed E-state index contributed by atoms with van der Waals surface area (Å²) in [6, 6.07) is 12.0. The average Bonchev–Trinajstić information content (AvgIpc) is 3.53. The van der Waals surface area contributed by atoms with E-state index >= 15 is 0 Å². The topological polar surface area (TPSA) is 83.8 Å². The molecule has 1 fully saturated rings. The van der Waals surface area contributed by atoms with Crippen LogP contribution in [0, 0.1) is 13.8 Å². The fourth-order valence-corrected chi connectivity index (χ4v) is 4.18. The van der Waals surface area contributed by atoms with E-state index in [4.69, 9.17) is 18.9 Å². The number of rotatable bonds is 7.